The van der Waals surface area contributed by atoms with Crippen LogP contribution in [-0.4, -0.2) is 30.7 Å². The molecule has 25 heavy (non-hydrogen) atoms. The highest BCUT2D eigenvalue weighted by Crippen LogP contribution is 2.33. The number of hydrogen-bond acceptors (Lipinski definition) is 3. The van der Waals surface area contributed by atoms with Crippen molar-refractivity contribution in [3.8, 4) is 0 Å². The Labute approximate surface area is 152 Å². The summed E-state index contributed by atoms with van der Waals surface area (Å²) in [5.41, 5.74) is 1.97. The van der Waals surface area contributed by atoms with E-state index in [9.17, 15) is 9.59 Å². The van der Waals surface area contributed by atoms with Gasteiger partial charge in [0, 0.05) is 24.4 Å². The summed E-state index contributed by atoms with van der Waals surface area (Å²) < 4.78 is 0. The van der Waals surface area contributed by atoms with Gasteiger partial charge in [-0.15, -0.1) is 11.8 Å². The van der Waals surface area contributed by atoms with Crippen LogP contribution in [0.4, 0.5) is 5.69 Å². The van der Waals surface area contributed by atoms with Gasteiger partial charge in [-0.3, -0.25) is 9.59 Å². The molecule has 0 aromatic heterocycles. The minimum atomic E-state index is -0.0502. The van der Waals surface area contributed by atoms with Crippen molar-refractivity contribution >= 4 is 29.3 Å². The van der Waals surface area contributed by atoms with E-state index in [1.165, 1.54) is 0 Å². The van der Waals surface area contributed by atoms with Crippen LogP contribution in [0.25, 0.3) is 0 Å². The maximum atomic E-state index is 12.6. The first kappa shape index (κ1) is 17.5. The number of carbonyl (C=O) groups excluding carboxylic acids is 2. The maximum absolute atomic E-state index is 12.6. The number of anilines is 1. The van der Waals surface area contributed by atoms with Gasteiger partial charge in [-0.1, -0.05) is 42.5 Å². The molecule has 1 heterocycles. The van der Waals surface area contributed by atoms with Crippen molar-refractivity contribution < 1.29 is 9.59 Å². The summed E-state index contributed by atoms with van der Waals surface area (Å²) in [4.78, 5) is 27.6. The van der Waals surface area contributed by atoms with Gasteiger partial charge in [0.2, 0.25) is 11.8 Å². The molecular weight excluding hydrogens is 332 g/mol. The van der Waals surface area contributed by atoms with E-state index in [1.54, 1.807) is 11.8 Å². The molecule has 5 heteroatoms. The van der Waals surface area contributed by atoms with Crippen LogP contribution in [-0.2, 0) is 16.0 Å². The van der Waals surface area contributed by atoms with Crippen LogP contribution in [0.1, 0.15) is 18.4 Å². The Morgan fingerprint density at radius 2 is 1.80 bits per heavy atom. The molecule has 0 saturated heterocycles. The van der Waals surface area contributed by atoms with E-state index >= 15 is 0 Å². The second-order valence-corrected chi connectivity index (χ2v) is 7.11. The Morgan fingerprint density at radius 1 is 1.04 bits per heavy atom. The molecule has 0 radical (unpaired) electrons. The molecule has 1 N–H and O–H groups in total. The van der Waals surface area contributed by atoms with Gasteiger partial charge >= 0.3 is 0 Å². The lowest BCUT2D eigenvalue weighted by atomic mass is 10.1. The third kappa shape index (κ3) is 4.86. The standard InChI is InChI=1S/C20H22N2O2S/c23-19(15-16-7-2-1-3-8-16)21-12-11-20(24)22-13-6-14-25-18-10-5-4-9-17(18)22/h1-5,7-10H,6,11-15H2,(H,21,23). The summed E-state index contributed by atoms with van der Waals surface area (Å²) in [5.74, 6) is 1.04. The van der Waals surface area contributed by atoms with E-state index in [-0.39, 0.29) is 11.8 Å². The Bertz CT molecular complexity index is 733. The Morgan fingerprint density at radius 3 is 2.64 bits per heavy atom. The van der Waals surface area contributed by atoms with Crippen molar-refractivity contribution in [1.29, 1.82) is 0 Å². The minimum absolute atomic E-state index is 0.0502. The molecule has 0 saturated carbocycles. The van der Waals surface area contributed by atoms with E-state index in [4.69, 9.17) is 0 Å². The van der Waals surface area contributed by atoms with Crippen molar-refractivity contribution in [1.82, 2.24) is 5.32 Å². The van der Waals surface area contributed by atoms with E-state index in [0.29, 0.717) is 19.4 Å². The first-order chi connectivity index (χ1) is 12.2. The number of fused-ring (bicyclic) bond motifs is 1. The molecule has 2 aromatic rings. The fraction of sp³-hybridized carbons (Fsp3) is 0.300. The Kier molecular flexibility index (Phi) is 6.12. The molecule has 0 unspecified atom stereocenters. The molecule has 1 aliphatic heterocycles. The second kappa shape index (κ2) is 8.72. The lowest BCUT2D eigenvalue weighted by molar-refractivity contribution is -0.121. The summed E-state index contributed by atoms with van der Waals surface area (Å²) in [6.45, 7) is 1.11. The van der Waals surface area contributed by atoms with Gasteiger partial charge < -0.3 is 10.2 Å². The smallest absolute Gasteiger partial charge is 0.228 e. The van der Waals surface area contributed by atoms with Crippen molar-refractivity contribution in [2.24, 2.45) is 0 Å². The second-order valence-electron chi connectivity index (χ2n) is 5.98. The first-order valence-corrected chi connectivity index (χ1v) is 9.55. The SMILES string of the molecule is O=C(Cc1ccccc1)NCCC(=O)N1CCCSc2ccccc21. The first-order valence-electron chi connectivity index (χ1n) is 8.57. The number of amides is 2. The van der Waals surface area contributed by atoms with Crippen LogP contribution in [0.5, 0.6) is 0 Å². The van der Waals surface area contributed by atoms with Crippen molar-refractivity contribution in [2.75, 3.05) is 23.7 Å². The zero-order chi connectivity index (χ0) is 17.5. The molecule has 0 spiro atoms. The number of carbonyl (C=O) groups is 2. The van der Waals surface area contributed by atoms with Gasteiger partial charge in [0.25, 0.3) is 0 Å². The van der Waals surface area contributed by atoms with Crippen LogP contribution in [0, 0.1) is 0 Å². The van der Waals surface area contributed by atoms with E-state index < -0.39 is 0 Å². The van der Waals surface area contributed by atoms with Crippen LogP contribution in [0.2, 0.25) is 0 Å². The number of hydrogen-bond donors (Lipinski definition) is 1. The van der Waals surface area contributed by atoms with Crippen molar-refractivity contribution in [2.45, 2.75) is 24.2 Å². The average molecular weight is 354 g/mol. The predicted octanol–water partition coefficient (Wildman–Crippen LogP) is 3.26. The zero-order valence-corrected chi connectivity index (χ0v) is 14.9. The van der Waals surface area contributed by atoms with Gasteiger partial charge in [-0.05, 0) is 29.9 Å². The van der Waals surface area contributed by atoms with E-state index in [2.05, 4.69) is 11.4 Å². The zero-order valence-electron chi connectivity index (χ0n) is 14.1. The highest BCUT2D eigenvalue weighted by molar-refractivity contribution is 7.99. The molecule has 3 rings (SSSR count). The topological polar surface area (TPSA) is 49.4 Å². The largest absolute Gasteiger partial charge is 0.355 e. The fourth-order valence-corrected chi connectivity index (χ4v) is 3.87. The van der Waals surface area contributed by atoms with Gasteiger partial charge in [0.05, 0.1) is 12.1 Å². The Balaban J connectivity index is 1.52. The quantitative estimate of drug-likeness (QED) is 0.897. The molecule has 0 aliphatic carbocycles. The van der Waals surface area contributed by atoms with Crippen LogP contribution in [0.3, 0.4) is 0 Å². The highest BCUT2D eigenvalue weighted by Gasteiger charge is 2.20. The summed E-state index contributed by atoms with van der Waals surface area (Å²) in [6.07, 6.45) is 1.64. The number of benzene rings is 2. The maximum Gasteiger partial charge on any atom is 0.228 e. The normalized spacial score (nSPS) is 13.7. The molecule has 130 valence electrons. The van der Waals surface area contributed by atoms with E-state index in [0.717, 1.165) is 34.9 Å². The monoisotopic (exact) mass is 354 g/mol. The number of rotatable bonds is 5. The average Bonchev–Trinajstić information content (AvgIpc) is 2.85. The van der Waals surface area contributed by atoms with Crippen molar-refractivity contribution in [3.05, 3.63) is 60.2 Å². The number of thioether (sulfide) groups is 1. The van der Waals surface area contributed by atoms with Crippen molar-refractivity contribution in [3.63, 3.8) is 0 Å². The van der Waals surface area contributed by atoms with Crippen LogP contribution >= 0.6 is 11.8 Å². The molecular formula is C20H22N2O2S. The minimum Gasteiger partial charge on any atom is -0.355 e. The van der Waals surface area contributed by atoms with Gasteiger partial charge in [-0.2, -0.15) is 0 Å². The molecule has 0 fully saturated rings. The van der Waals surface area contributed by atoms with Crippen LogP contribution in [0.15, 0.2) is 59.5 Å². The molecule has 0 atom stereocenters. The predicted molar refractivity (Wildman–Crippen MR) is 102 cm³/mol. The number of nitrogens with zero attached hydrogens (tertiary/aromatic N) is 1. The number of para-hydroxylation sites is 1. The van der Waals surface area contributed by atoms with Gasteiger partial charge in [-0.25, -0.2) is 0 Å². The lowest BCUT2D eigenvalue weighted by Gasteiger charge is -2.22. The van der Waals surface area contributed by atoms with E-state index in [1.807, 2.05) is 53.4 Å². The summed E-state index contributed by atoms with van der Waals surface area (Å²) >= 11 is 1.80. The molecule has 2 amide bonds. The summed E-state index contributed by atoms with van der Waals surface area (Å²) in [7, 11) is 0. The highest BCUT2D eigenvalue weighted by atomic mass is 32.2. The molecule has 0 bridgehead atoms. The Hall–Kier alpha value is -2.27. The van der Waals surface area contributed by atoms with Gasteiger partial charge in [0.1, 0.15) is 0 Å². The summed E-state index contributed by atoms with van der Waals surface area (Å²) in [5, 5.41) is 2.85. The number of nitrogens with one attached hydrogen (secondary N) is 1. The molecule has 1 aliphatic rings. The fourth-order valence-electron chi connectivity index (χ4n) is 2.87. The lowest BCUT2D eigenvalue weighted by Crippen LogP contribution is -2.35. The third-order valence-corrected chi connectivity index (χ3v) is 5.26. The summed E-state index contributed by atoms with van der Waals surface area (Å²) in [6, 6.07) is 17.6. The molecule has 2 aromatic carbocycles. The van der Waals surface area contributed by atoms with Gasteiger partial charge in [0.15, 0.2) is 0 Å². The van der Waals surface area contributed by atoms with Crippen LogP contribution < -0.4 is 10.2 Å². The third-order valence-electron chi connectivity index (χ3n) is 4.11. The molecule has 4 nitrogen and oxygen atoms in total.